The van der Waals surface area contributed by atoms with Crippen molar-refractivity contribution in [2.75, 3.05) is 13.1 Å². The van der Waals surface area contributed by atoms with Crippen molar-refractivity contribution in [1.29, 1.82) is 0 Å². The molecular weight excluding hydrogens is 381 g/mol. The van der Waals surface area contributed by atoms with Crippen LogP contribution < -0.4 is 5.32 Å². The Bertz CT molecular complexity index is 757. The van der Waals surface area contributed by atoms with E-state index >= 15 is 0 Å². The molecular formula is C18H25F3N2O3S. The lowest BCUT2D eigenvalue weighted by atomic mass is 9.96. The minimum Gasteiger partial charge on any atom is -0.353 e. The van der Waals surface area contributed by atoms with Crippen LogP contribution in [-0.4, -0.2) is 37.8 Å². The normalized spacial score (nSPS) is 18.3. The molecule has 1 unspecified atom stereocenters. The maximum atomic E-state index is 12.8. The average Bonchev–Trinajstić information content (AvgIpc) is 2.61. The number of rotatable bonds is 6. The summed E-state index contributed by atoms with van der Waals surface area (Å²) in [6.07, 6.45) is -2.08. The van der Waals surface area contributed by atoms with E-state index in [-0.39, 0.29) is 35.9 Å². The predicted molar refractivity (Wildman–Crippen MR) is 95.4 cm³/mol. The Kier molecular flexibility index (Phi) is 6.91. The summed E-state index contributed by atoms with van der Waals surface area (Å²) in [6.45, 7) is 4.17. The van der Waals surface area contributed by atoms with Gasteiger partial charge in [-0.2, -0.15) is 17.5 Å². The summed E-state index contributed by atoms with van der Waals surface area (Å²) in [7, 11) is -4.02. The Morgan fingerprint density at radius 2 is 1.93 bits per heavy atom. The average molecular weight is 406 g/mol. The smallest absolute Gasteiger partial charge is 0.353 e. The molecule has 0 spiro atoms. The molecule has 1 aliphatic rings. The van der Waals surface area contributed by atoms with Gasteiger partial charge in [-0.25, -0.2) is 8.42 Å². The quantitative estimate of drug-likeness (QED) is 0.787. The fourth-order valence-corrected chi connectivity index (χ4v) is 4.72. The molecule has 0 bridgehead atoms. The van der Waals surface area contributed by atoms with Crippen LogP contribution in [0.4, 0.5) is 13.2 Å². The molecule has 0 aliphatic carbocycles. The Morgan fingerprint density at radius 1 is 1.30 bits per heavy atom. The largest absolute Gasteiger partial charge is 0.416 e. The molecule has 1 heterocycles. The standard InChI is InChI=1S/C18H25F3N2O3S/c1-3-5-13(2)22-17(24)14-8-10-23(11-9-14)27(25,26)16-7-4-6-15(12-16)18(19,20)21/h4,6-7,12-14H,3,5,8-11H2,1-2H3,(H,22,24). The molecule has 1 N–H and O–H groups in total. The van der Waals surface area contributed by atoms with Crippen molar-refractivity contribution >= 4 is 15.9 Å². The molecule has 1 atom stereocenters. The fourth-order valence-electron chi connectivity index (χ4n) is 3.21. The van der Waals surface area contributed by atoms with Crippen molar-refractivity contribution in [3.63, 3.8) is 0 Å². The van der Waals surface area contributed by atoms with Gasteiger partial charge < -0.3 is 5.32 Å². The first-order valence-corrected chi connectivity index (χ1v) is 10.5. The van der Waals surface area contributed by atoms with Crippen molar-refractivity contribution in [2.24, 2.45) is 5.92 Å². The van der Waals surface area contributed by atoms with Gasteiger partial charge in [0.1, 0.15) is 0 Å². The fraction of sp³-hybridized carbons (Fsp3) is 0.611. The van der Waals surface area contributed by atoms with Crippen LogP contribution in [0.5, 0.6) is 0 Å². The van der Waals surface area contributed by atoms with Crippen molar-refractivity contribution in [2.45, 2.75) is 56.6 Å². The maximum absolute atomic E-state index is 12.8. The Hall–Kier alpha value is -1.61. The number of carbonyl (C=O) groups excluding carboxylic acids is 1. The molecule has 1 aromatic rings. The Balaban J connectivity index is 2.04. The number of piperidine rings is 1. The van der Waals surface area contributed by atoms with Crippen LogP contribution in [0.1, 0.15) is 45.1 Å². The van der Waals surface area contributed by atoms with Crippen LogP contribution in [0.15, 0.2) is 29.2 Å². The highest BCUT2D eigenvalue weighted by Crippen LogP contribution is 2.32. The van der Waals surface area contributed by atoms with Gasteiger partial charge in [-0.15, -0.1) is 0 Å². The number of benzene rings is 1. The summed E-state index contributed by atoms with van der Waals surface area (Å²) in [6, 6.07) is 3.81. The summed E-state index contributed by atoms with van der Waals surface area (Å²) in [5.41, 5.74) is -0.997. The molecule has 152 valence electrons. The predicted octanol–water partition coefficient (Wildman–Crippen LogP) is 3.41. The maximum Gasteiger partial charge on any atom is 0.416 e. The summed E-state index contributed by atoms with van der Waals surface area (Å²) in [5, 5.41) is 2.93. The first-order valence-electron chi connectivity index (χ1n) is 9.03. The van der Waals surface area contributed by atoms with Crippen LogP contribution in [0, 0.1) is 5.92 Å². The molecule has 0 saturated carbocycles. The Morgan fingerprint density at radius 3 is 2.48 bits per heavy atom. The van der Waals surface area contributed by atoms with Crippen LogP contribution >= 0.6 is 0 Å². The molecule has 27 heavy (non-hydrogen) atoms. The lowest BCUT2D eigenvalue weighted by Crippen LogP contribution is -2.44. The molecule has 0 aromatic heterocycles. The van der Waals surface area contributed by atoms with Gasteiger partial charge in [-0.05, 0) is 44.4 Å². The minimum atomic E-state index is -4.61. The topological polar surface area (TPSA) is 66.5 Å². The van der Waals surface area contributed by atoms with Gasteiger partial charge in [0, 0.05) is 25.0 Å². The molecule has 5 nitrogen and oxygen atoms in total. The molecule has 9 heteroatoms. The van der Waals surface area contributed by atoms with Crippen LogP contribution in [0.2, 0.25) is 0 Å². The number of alkyl halides is 3. The molecule has 1 amide bonds. The number of nitrogens with one attached hydrogen (secondary N) is 1. The summed E-state index contributed by atoms with van der Waals surface area (Å²) >= 11 is 0. The number of hydrogen-bond acceptors (Lipinski definition) is 3. The second-order valence-corrected chi connectivity index (χ2v) is 8.84. The van der Waals surface area contributed by atoms with Gasteiger partial charge in [0.05, 0.1) is 10.5 Å². The van der Waals surface area contributed by atoms with E-state index in [0.29, 0.717) is 18.9 Å². The van der Waals surface area contributed by atoms with E-state index in [2.05, 4.69) is 5.32 Å². The SMILES string of the molecule is CCCC(C)NC(=O)C1CCN(S(=O)(=O)c2cccc(C(F)(F)F)c2)CC1. The lowest BCUT2D eigenvalue weighted by Gasteiger charge is -2.31. The van der Waals surface area contributed by atoms with Gasteiger partial charge in [-0.3, -0.25) is 4.79 Å². The van der Waals surface area contributed by atoms with Gasteiger partial charge in [-0.1, -0.05) is 19.4 Å². The van der Waals surface area contributed by atoms with Gasteiger partial charge >= 0.3 is 6.18 Å². The second-order valence-electron chi connectivity index (χ2n) is 6.90. The molecule has 1 aromatic carbocycles. The molecule has 0 radical (unpaired) electrons. The van der Waals surface area contributed by atoms with Crippen molar-refractivity contribution < 1.29 is 26.4 Å². The highest BCUT2D eigenvalue weighted by molar-refractivity contribution is 7.89. The number of sulfonamides is 1. The van der Waals surface area contributed by atoms with Crippen molar-refractivity contribution in [1.82, 2.24) is 9.62 Å². The number of nitrogens with zero attached hydrogens (tertiary/aromatic N) is 1. The molecule has 1 fully saturated rings. The van der Waals surface area contributed by atoms with Gasteiger partial charge in [0.15, 0.2) is 0 Å². The molecule has 2 rings (SSSR count). The third-order valence-electron chi connectivity index (χ3n) is 4.73. The zero-order chi connectivity index (χ0) is 20.2. The zero-order valence-corrected chi connectivity index (χ0v) is 16.2. The van der Waals surface area contributed by atoms with E-state index in [1.165, 1.54) is 0 Å². The monoisotopic (exact) mass is 406 g/mol. The summed E-state index contributed by atoms with van der Waals surface area (Å²) in [5.74, 6) is -0.371. The highest BCUT2D eigenvalue weighted by atomic mass is 32.2. The third kappa shape index (κ3) is 5.44. The first kappa shape index (κ1) is 21.7. The van der Waals surface area contributed by atoms with Gasteiger partial charge in [0.2, 0.25) is 15.9 Å². The minimum absolute atomic E-state index is 0.0642. The van der Waals surface area contributed by atoms with E-state index in [4.69, 9.17) is 0 Å². The Labute approximate surface area is 158 Å². The van der Waals surface area contributed by atoms with Crippen molar-refractivity contribution in [3.8, 4) is 0 Å². The van der Waals surface area contributed by atoms with E-state index in [0.717, 1.165) is 35.3 Å². The van der Waals surface area contributed by atoms with E-state index < -0.39 is 21.8 Å². The number of carbonyl (C=O) groups is 1. The molecule has 1 aliphatic heterocycles. The third-order valence-corrected chi connectivity index (χ3v) is 6.63. The summed E-state index contributed by atoms with van der Waals surface area (Å²) < 4.78 is 65.0. The van der Waals surface area contributed by atoms with Crippen LogP contribution in [0.25, 0.3) is 0 Å². The van der Waals surface area contributed by atoms with Gasteiger partial charge in [0.25, 0.3) is 0 Å². The van der Waals surface area contributed by atoms with Crippen LogP contribution in [-0.2, 0) is 21.0 Å². The van der Waals surface area contributed by atoms with E-state index in [1.54, 1.807) is 0 Å². The number of hydrogen-bond donors (Lipinski definition) is 1. The summed E-state index contributed by atoms with van der Waals surface area (Å²) in [4.78, 5) is 11.9. The van der Waals surface area contributed by atoms with Crippen molar-refractivity contribution in [3.05, 3.63) is 29.8 Å². The van der Waals surface area contributed by atoms with Crippen LogP contribution in [0.3, 0.4) is 0 Å². The van der Waals surface area contributed by atoms with E-state index in [9.17, 15) is 26.4 Å². The van der Waals surface area contributed by atoms with E-state index in [1.807, 2.05) is 13.8 Å². The second kappa shape index (κ2) is 8.60. The number of amides is 1. The highest BCUT2D eigenvalue weighted by Gasteiger charge is 2.35. The zero-order valence-electron chi connectivity index (χ0n) is 15.4. The lowest BCUT2D eigenvalue weighted by molar-refractivity contribution is -0.137. The molecule has 1 saturated heterocycles. The number of halogens is 3. The first-order chi connectivity index (χ1) is 12.6.